The van der Waals surface area contributed by atoms with Gasteiger partial charge in [0.25, 0.3) is 11.8 Å². The number of carbonyl (C=O) groups is 2. The summed E-state index contributed by atoms with van der Waals surface area (Å²) in [5, 5.41) is 5.03. The lowest BCUT2D eigenvalue weighted by Crippen LogP contribution is -2.32. The van der Waals surface area contributed by atoms with Crippen molar-refractivity contribution in [2.75, 3.05) is 11.9 Å². The minimum Gasteiger partial charge on any atom is -0.350 e. The second-order valence-corrected chi connectivity index (χ2v) is 6.36. The Bertz CT molecular complexity index is 804. The van der Waals surface area contributed by atoms with Crippen molar-refractivity contribution in [1.82, 2.24) is 4.90 Å². The molecule has 1 aromatic heterocycles. The third-order valence-corrected chi connectivity index (χ3v) is 4.77. The summed E-state index contributed by atoms with van der Waals surface area (Å²) in [5.74, 6) is -0.599. The van der Waals surface area contributed by atoms with Gasteiger partial charge in [-0.1, -0.05) is 31.2 Å². The number of rotatable bonds is 6. The Labute approximate surface area is 145 Å². The van der Waals surface area contributed by atoms with Gasteiger partial charge in [0.15, 0.2) is 0 Å². The maximum atomic E-state index is 12.7. The summed E-state index contributed by atoms with van der Waals surface area (Å²) in [6.45, 7) is 5.92. The lowest BCUT2D eigenvalue weighted by atomic mass is 10.1. The predicted octanol–water partition coefficient (Wildman–Crippen LogP) is 3.69. The fourth-order valence-electron chi connectivity index (χ4n) is 2.60. The first-order chi connectivity index (χ1) is 11.7. The Balaban J connectivity index is 2.00. The monoisotopic (exact) mass is 338 g/mol. The summed E-state index contributed by atoms with van der Waals surface area (Å²) >= 11 is 1.44. The molecule has 24 heavy (non-hydrogen) atoms. The molecule has 2 heterocycles. The summed E-state index contributed by atoms with van der Waals surface area (Å²) in [6.07, 6.45) is 2.51. The highest BCUT2D eigenvalue weighted by Gasteiger charge is 2.38. The molecular weight excluding hydrogens is 320 g/mol. The van der Waals surface area contributed by atoms with Crippen molar-refractivity contribution in [3.05, 3.63) is 70.6 Å². The molecular formula is C19H18N2O2S. The zero-order valence-electron chi connectivity index (χ0n) is 13.4. The Morgan fingerprint density at radius 3 is 2.50 bits per heavy atom. The topological polar surface area (TPSA) is 49.4 Å². The van der Waals surface area contributed by atoms with E-state index in [0.29, 0.717) is 11.3 Å². The van der Waals surface area contributed by atoms with Crippen LogP contribution in [0.2, 0.25) is 0 Å². The fraction of sp³-hybridized carbons (Fsp3) is 0.158. The van der Waals surface area contributed by atoms with Crippen LogP contribution in [-0.2, 0) is 16.0 Å². The third-order valence-electron chi connectivity index (χ3n) is 3.88. The van der Waals surface area contributed by atoms with Crippen molar-refractivity contribution in [2.24, 2.45) is 0 Å². The van der Waals surface area contributed by atoms with Gasteiger partial charge in [-0.25, -0.2) is 0 Å². The van der Waals surface area contributed by atoms with E-state index in [1.807, 2.05) is 41.8 Å². The van der Waals surface area contributed by atoms with Crippen molar-refractivity contribution in [3.8, 4) is 0 Å². The minimum atomic E-state index is -0.317. The molecule has 2 amide bonds. The number of aryl methyl sites for hydroxylation is 1. The molecule has 0 radical (unpaired) electrons. The average Bonchev–Trinajstić information content (AvgIpc) is 3.19. The van der Waals surface area contributed by atoms with E-state index in [4.69, 9.17) is 0 Å². The number of carbonyl (C=O) groups excluding carboxylic acids is 2. The summed E-state index contributed by atoms with van der Waals surface area (Å²) in [7, 11) is 0. The Hall–Kier alpha value is -2.66. The molecule has 0 saturated carbocycles. The molecule has 5 heteroatoms. The van der Waals surface area contributed by atoms with Crippen LogP contribution in [0.4, 0.5) is 5.69 Å². The van der Waals surface area contributed by atoms with Crippen LogP contribution in [0.3, 0.4) is 0 Å². The van der Waals surface area contributed by atoms with Gasteiger partial charge in [0, 0.05) is 17.1 Å². The summed E-state index contributed by atoms with van der Waals surface area (Å²) in [5.41, 5.74) is 2.76. The van der Waals surface area contributed by atoms with E-state index >= 15 is 0 Å². The molecule has 1 N–H and O–H groups in total. The van der Waals surface area contributed by atoms with Crippen LogP contribution in [-0.4, -0.2) is 23.3 Å². The van der Waals surface area contributed by atoms with Crippen LogP contribution in [0, 0.1) is 0 Å². The van der Waals surface area contributed by atoms with Gasteiger partial charge in [0.1, 0.15) is 5.70 Å². The lowest BCUT2D eigenvalue weighted by Gasteiger charge is -2.12. The van der Waals surface area contributed by atoms with Gasteiger partial charge < -0.3 is 5.32 Å². The third kappa shape index (κ3) is 2.90. The lowest BCUT2D eigenvalue weighted by molar-refractivity contribution is -0.136. The number of hydrogen-bond acceptors (Lipinski definition) is 4. The molecule has 0 aliphatic carbocycles. The van der Waals surface area contributed by atoms with Crippen LogP contribution >= 0.6 is 11.3 Å². The van der Waals surface area contributed by atoms with E-state index in [2.05, 4.69) is 18.8 Å². The number of thiophene rings is 1. The van der Waals surface area contributed by atoms with Gasteiger partial charge >= 0.3 is 0 Å². The number of benzene rings is 1. The van der Waals surface area contributed by atoms with Crippen molar-refractivity contribution in [1.29, 1.82) is 0 Å². The van der Waals surface area contributed by atoms with Gasteiger partial charge in [0.2, 0.25) is 0 Å². The molecule has 0 fully saturated rings. The van der Waals surface area contributed by atoms with Crippen molar-refractivity contribution < 1.29 is 9.59 Å². The quantitative estimate of drug-likeness (QED) is 0.645. The highest BCUT2D eigenvalue weighted by atomic mass is 32.1. The molecule has 0 bridgehead atoms. The Morgan fingerprint density at radius 1 is 1.17 bits per heavy atom. The largest absolute Gasteiger partial charge is 0.350 e. The van der Waals surface area contributed by atoms with Gasteiger partial charge in [-0.15, -0.1) is 17.9 Å². The molecule has 122 valence electrons. The molecule has 0 atom stereocenters. The first-order valence-corrected chi connectivity index (χ1v) is 8.65. The molecule has 0 spiro atoms. The maximum Gasteiger partial charge on any atom is 0.278 e. The summed E-state index contributed by atoms with van der Waals surface area (Å²) in [4.78, 5) is 27.3. The van der Waals surface area contributed by atoms with Gasteiger partial charge in [-0.3, -0.25) is 14.5 Å². The van der Waals surface area contributed by atoms with E-state index < -0.39 is 0 Å². The zero-order valence-corrected chi connectivity index (χ0v) is 14.2. The van der Waals surface area contributed by atoms with Crippen molar-refractivity contribution in [2.45, 2.75) is 13.3 Å². The maximum absolute atomic E-state index is 12.7. The predicted molar refractivity (Wildman–Crippen MR) is 97.6 cm³/mol. The van der Waals surface area contributed by atoms with Crippen LogP contribution in [0.15, 0.2) is 60.1 Å². The van der Waals surface area contributed by atoms with Crippen molar-refractivity contribution in [3.63, 3.8) is 0 Å². The number of amides is 2. The second kappa shape index (κ2) is 6.84. The van der Waals surface area contributed by atoms with Crippen LogP contribution in [0.5, 0.6) is 0 Å². The summed E-state index contributed by atoms with van der Waals surface area (Å²) < 4.78 is 0. The standard InChI is InChI=1S/C19H18N2O2S/c1-3-11-21-18(22)16(15-6-5-12-24-15)17(19(21)23)20-14-9-7-13(4-2)8-10-14/h3,5-10,12,20H,1,4,11H2,2H3. The normalized spacial score (nSPS) is 14.5. The molecule has 2 aromatic rings. The highest BCUT2D eigenvalue weighted by Crippen LogP contribution is 2.32. The van der Waals surface area contributed by atoms with E-state index in [1.54, 1.807) is 6.08 Å². The molecule has 4 nitrogen and oxygen atoms in total. The first-order valence-electron chi connectivity index (χ1n) is 7.77. The van der Waals surface area contributed by atoms with Gasteiger partial charge in [0.05, 0.1) is 5.57 Å². The minimum absolute atomic E-state index is 0.201. The van der Waals surface area contributed by atoms with E-state index in [-0.39, 0.29) is 18.4 Å². The second-order valence-electron chi connectivity index (χ2n) is 5.41. The average molecular weight is 338 g/mol. The van der Waals surface area contributed by atoms with Gasteiger partial charge in [-0.05, 0) is 35.6 Å². The van der Waals surface area contributed by atoms with Crippen LogP contribution in [0.1, 0.15) is 17.4 Å². The number of imide groups is 1. The number of nitrogens with zero attached hydrogens (tertiary/aromatic N) is 1. The summed E-state index contributed by atoms with van der Waals surface area (Å²) in [6, 6.07) is 11.6. The SMILES string of the molecule is C=CCN1C(=O)C(Nc2ccc(CC)cc2)=C(c2cccs2)C1=O. The fourth-order valence-corrected chi connectivity index (χ4v) is 3.37. The number of anilines is 1. The number of nitrogens with one attached hydrogen (secondary N) is 1. The van der Waals surface area contributed by atoms with Crippen molar-refractivity contribution >= 4 is 34.4 Å². The zero-order chi connectivity index (χ0) is 17.1. The van der Waals surface area contributed by atoms with E-state index in [9.17, 15) is 9.59 Å². The smallest absolute Gasteiger partial charge is 0.278 e. The number of hydrogen-bond donors (Lipinski definition) is 1. The molecule has 1 aliphatic rings. The van der Waals surface area contributed by atoms with Crippen LogP contribution < -0.4 is 5.32 Å². The van der Waals surface area contributed by atoms with Gasteiger partial charge in [-0.2, -0.15) is 0 Å². The Morgan fingerprint density at radius 2 is 1.92 bits per heavy atom. The first kappa shape index (κ1) is 16.2. The van der Waals surface area contributed by atoms with Crippen LogP contribution in [0.25, 0.3) is 5.57 Å². The molecule has 1 aromatic carbocycles. The Kier molecular flexibility index (Phi) is 4.62. The molecule has 1 aliphatic heterocycles. The van der Waals surface area contributed by atoms with E-state index in [0.717, 1.165) is 17.0 Å². The van der Waals surface area contributed by atoms with E-state index in [1.165, 1.54) is 21.8 Å². The molecule has 3 rings (SSSR count). The molecule has 0 saturated heterocycles. The molecule has 0 unspecified atom stereocenters. The highest BCUT2D eigenvalue weighted by molar-refractivity contribution is 7.11.